The van der Waals surface area contributed by atoms with Crippen LogP contribution in [0.3, 0.4) is 0 Å². The van der Waals surface area contributed by atoms with E-state index in [4.69, 9.17) is 5.11 Å². The quantitative estimate of drug-likeness (QED) is 0.791. The molecule has 0 radical (unpaired) electrons. The van der Waals surface area contributed by atoms with E-state index < -0.39 is 5.97 Å². The highest BCUT2D eigenvalue weighted by molar-refractivity contribution is 5.93. The highest BCUT2D eigenvalue weighted by atomic mass is 16.4. The van der Waals surface area contributed by atoms with E-state index in [-0.39, 0.29) is 17.0 Å². The Bertz CT molecular complexity index is 492. The smallest absolute Gasteiger partial charge is 0.335 e. The van der Waals surface area contributed by atoms with E-state index in [0.717, 1.165) is 0 Å². The fraction of sp³-hybridized carbons (Fsp3) is 0.467. The molecule has 20 heavy (non-hydrogen) atoms. The van der Waals surface area contributed by atoms with Crippen LogP contribution in [-0.4, -0.2) is 23.7 Å². The van der Waals surface area contributed by atoms with Crippen molar-refractivity contribution < 1.29 is 14.7 Å². The van der Waals surface area contributed by atoms with Gasteiger partial charge in [0.25, 0.3) is 0 Å². The van der Waals surface area contributed by atoms with Gasteiger partial charge in [0.2, 0.25) is 0 Å². The first-order chi connectivity index (χ1) is 9.20. The molecule has 5 heteroatoms. The summed E-state index contributed by atoms with van der Waals surface area (Å²) in [5, 5.41) is 14.3. The van der Waals surface area contributed by atoms with Gasteiger partial charge in [0.1, 0.15) is 0 Å². The summed E-state index contributed by atoms with van der Waals surface area (Å²) in [6.45, 7) is 8.99. The number of anilines is 1. The minimum atomic E-state index is -1.02. The molecule has 0 aromatic heterocycles. The Hall–Kier alpha value is -2.04. The van der Waals surface area contributed by atoms with Crippen molar-refractivity contribution in [3.63, 3.8) is 0 Å². The molecule has 0 heterocycles. The number of carbonyl (C=O) groups is 2. The predicted octanol–water partition coefficient (Wildman–Crippen LogP) is 3.19. The highest BCUT2D eigenvalue weighted by Crippen LogP contribution is 2.24. The molecule has 3 N–H and O–H groups in total. The van der Waals surface area contributed by atoms with Crippen molar-refractivity contribution in [3.05, 3.63) is 29.8 Å². The lowest BCUT2D eigenvalue weighted by molar-refractivity contribution is 0.0697. The molecule has 1 aromatic rings. The van der Waals surface area contributed by atoms with Gasteiger partial charge in [-0.25, -0.2) is 9.59 Å². The van der Waals surface area contributed by atoms with Gasteiger partial charge in [-0.15, -0.1) is 0 Å². The summed E-state index contributed by atoms with van der Waals surface area (Å²) in [5.41, 5.74) is 0.730. The first kappa shape index (κ1) is 16.0. The summed E-state index contributed by atoms with van der Waals surface area (Å²) < 4.78 is 0. The average molecular weight is 278 g/mol. The van der Waals surface area contributed by atoms with Gasteiger partial charge >= 0.3 is 12.0 Å². The molecule has 5 nitrogen and oxygen atoms in total. The molecule has 0 aliphatic heterocycles. The zero-order valence-corrected chi connectivity index (χ0v) is 12.4. The number of hydrogen-bond donors (Lipinski definition) is 3. The minimum Gasteiger partial charge on any atom is -0.478 e. The number of carboxylic acid groups (broad SMARTS) is 1. The first-order valence-corrected chi connectivity index (χ1v) is 6.58. The predicted molar refractivity (Wildman–Crippen MR) is 79.0 cm³/mol. The molecule has 0 bridgehead atoms. The number of rotatable bonds is 4. The third kappa shape index (κ3) is 4.91. The van der Waals surface area contributed by atoms with Crippen LogP contribution in [-0.2, 0) is 0 Å². The second-order valence-corrected chi connectivity index (χ2v) is 5.99. The molecule has 0 aliphatic carbocycles. The van der Waals surface area contributed by atoms with E-state index in [1.54, 1.807) is 12.1 Å². The van der Waals surface area contributed by atoms with E-state index >= 15 is 0 Å². The van der Waals surface area contributed by atoms with Gasteiger partial charge in [-0.05, 0) is 29.5 Å². The van der Waals surface area contributed by atoms with Crippen LogP contribution in [0.15, 0.2) is 24.3 Å². The summed E-state index contributed by atoms with van der Waals surface area (Å²) >= 11 is 0. The Morgan fingerprint density at radius 3 is 2.50 bits per heavy atom. The summed E-state index contributed by atoms with van der Waals surface area (Å²) in [6.07, 6.45) is 0. The van der Waals surface area contributed by atoms with Crippen molar-refractivity contribution in [3.8, 4) is 0 Å². The number of carboxylic acids is 1. The molecule has 1 unspecified atom stereocenters. The molecular formula is C15H22N2O3. The lowest BCUT2D eigenvalue weighted by Gasteiger charge is -2.27. The monoisotopic (exact) mass is 278 g/mol. The Kier molecular flexibility index (Phi) is 5.13. The van der Waals surface area contributed by atoms with Gasteiger partial charge in [0.15, 0.2) is 0 Å². The summed E-state index contributed by atoms with van der Waals surface area (Å²) in [4.78, 5) is 22.6. The van der Waals surface area contributed by atoms with Crippen LogP contribution in [0.5, 0.6) is 0 Å². The standard InChI is InChI=1S/C15H22N2O3/c1-10(15(2,3)4)9-16-14(20)17-12-7-5-6-11(8-12)13(18)19/h5-8,10H,9H2,1-4H3,(H,18,19)(H2,16,17,20). The Balaban J connectivity index is 2.55. The SMILES string of the molecule is CC(CNC(=O)Nc1cccc(C(=O)O)c1)C(C)(C)C. The van der Waals surface area contributed by atoms with Gasteiger partial charge in [-0.2, -0.15) is 0 Å². The second kappa shape index (κ2) is 6.41. The topological polar surface area (TPSA) is 78.4 Å². The third-order valence-electron chi connectivity index (χ3n) is 3.41. The van der Waals surface area contributed by atoms with Crippen LogP contribution in [0.2, 0.25) is 0 Å². The van der Waals surface area contributed by atoms with E-state index in [1.807, 2.05) is 0 Å². The second-order valence-electron chi connectivity index (χ2n) is 5.99. The number of carbonyl (C=O) groups excluding carboxylic acids is 1. The van der Waals surface area contributed by atoms with E-state index in [9.17, 15) is 9.59 Å². The minimum absolute atomic E-state index is 0.122. The number of aromatic carboxylic acids is 1. The van der Waals surface area contributed by atoms with Crippen LogP contribution in [0.4, 0.5) is 10.5 Å². The molecule has 1 atom stereocenters. The maximum Gasteiger partial charge on any atom is 0.335 e. The lowest BCUT2D eigenvalue weighted by Crippen LogP contribution is -2.36. The van der Waals surface area contributed by atoms with Crippen molar-refractivity contribution in [2.45, 2.75) is 27.7 Å². The van der Waals surface area contributed by atoms with Crippen molar-refractivity contribution in [1.29, 1.82) is 0 Å². The van der Waals surface area contributed by atoms with Gasteiger partial charge in [-0.3, -0.25) is 0 Å². The molecule has 1 aromatic carbocycles. The maximum atomic E-state index is 11.8. The number of amides is 2. The average Bonchev–Trinajstić information content (AvgIpc) is 2.35. The molecule has 0 fully saturated rings. The van der Waals surface area contributed by atoms with Crippen molar-refractivity contribution >= 4 is 17.7 Å². The fourth-order valence-corrected chi connectivity index (χ4v) is 1.46. The normalized spacial score (nSPS) is 12.6. The van der Waals surface area contributed by atoms with Crippen molar-refractivity contribution in [2.24, 2.45) is 11.3 Å². The zero-order chi connectivity index (χ0) is 15.3. The van der Waals surface area contributed by atoms with E-state index in [0.29, 0.717) is 18.2 Å². The largest absolute Gasteiger partial charge is 0.478 e. The van der Waals surface area contributed by atoms with Crippen LogP contribution in [0.25, 0.3) is 0 Å². The van der Waals surface area contributed by atoms with Crippen LogP contribution in [0, 0.1) is 11.3 Å². The van der Waals surface area contributed by atoms with Gasteiger partial charge < -0.3 is 15.7 Å². The number of nitrogens with one attached hydrogen (secondary N) is 2. The van der Waals surface area contributed by atoms with Crippen LogP contribution < -0.4 is 10.6 Å². The lowest BCUT2D eigenvalue weighted by atomic mass is 9.82. The van der Waals surface area contributed by atoms with Gasteiger partial charge in [-0.1, -0.05) is 33.8 Å². The Morgan fingerprint density at radius 2 is 1.95 bits per heavy atom. The fourth-order valence-electron chi connectivity index (χ4n) is 1.46. The number of benzene rings is 1. The Labute approximate surface area is 119 Å². The van der Waals surface area contributed by atoms with Crippen molar-refractivity contribution in [2.75, 3.05) is 11.9 Å². The first-order valence-electron chi connectivity index (χ1n) is 6.58. The number of urea groups is 1. The molecule has 0 saturated carbocycles. The highest BCUT2D eigenvalue weighted by Gasteiger charge is 2.20. The summed E-state index contributed by atoms with van der Waals surface area (Å²) in [7, 11) is 0. The van der Waals surface area contributed by atoms with E-state index in [1.165, 1.54) is 12.1 Å². The van der Waals surface area contributed by atoms with Crippen LogP contribution >= 0.6 is 0 Å². The molecule has 0 spiro atoms. The van der Waals surface area contributed by atoms with Gasteiger partial charge in [0, 0.05) is 12.2 Å². The number of hydrogen-bond acceptors (Lipinski definition) is 2. The molecule has 2 amide bonds. The van der Waals surface area contributed by atoms with Crippen LogP contribution in [0.1, 0.15) is 38.1 Å². The van der Waals surface area contributed by atoms with Crippen molar-refractivity contribution in [1.82, 2.24) is 5.32 Å². The molecular weight excluding hydrogens is 256 g/mol. The molecule has 0 aliphatic rings. The Morgan fingerprint density at radius 1 is 1.30 bits per heavy atom. The summed E-state index contributed by atoms with van der Waals surface area (Å²) in [6, 6.07) is 5.82. The molecule has 0 saturated heterocycles. The molecule has 110 valence electrons. The van der Waals surface area contributed by atoms with Gasteiger partial charge in [0.05, 0.1) is 5.56 Å². The third-order valence-corrected chi connectivity index (χ3v) is 3.41. The maximum absolute atomic E-state index is 11.8. The molecule has 1 rings (SSSR count). The summed E-state index contributed by atoms with van der Waals surface area (Å²) in [5.74, 6) is -0.686. The van der Waals surface area contributed by atoms with E-state index in [2.05, 4.69) is 38.3 Å². The zero-order valence-electron chi connectivity index (χ0n) is 12.4.